The van der Waals surface area contributed by atoms with Crippen LogP contribution in [-0.2, 0) is 9.59 Å². The highest BCUT2D eigenvalue weighted by Gasteiger charge is 2.35. The van der Waals surface area contributed by atoms with Crippen LogP contribution in [0.2, 0.25) is 0 Å². The van der Waals surface area contributed by atoms with Gasteiger partial charge in [-0.25, -0.2) is 0 Å². The molecule has 2 amide bonds. The maximum Gasteiger partial charge on any atom is 0.242 e. The summed E-state index contributed by atoms with van der Waals surface area (Å²) < 4.78 is 6.07. The summed E-state index contributed by atoms with van der Waals surface area (Å²) >= 11 is 0. The maximum absolute atomic E-state index is 12.7. The topological polar surface area (TPSA) is 61.9 Å². The van der Waals surface area contributed by atoms with Crippen molar-refractivity contribution >= 4 is 24.2 Å². The van der Waals surface area contributed by atoms with E-state index in [2.05, 4.69) is 18.3 Å². The number of nitrogens with one attached hydrogen (secondary N) is 1. The highest BCUT2D eigenvalue weighted by Crippen LogP contribution is 2.22. The number of carbonyl (C=O) groups excluding carboxylic acids is 2. The maximum atomic E-state index is 12.7. The van der Waals surface area contributed by atoms with E-state index in [9.17, 15) is 9.59 Å². The summed E-state index contributed by atoms with van der Waals surface area (Å²) in [5.41, 5.74) is 1.19. The van der Waals surface area contributed by atoms with Gasteiger partial charge in [-0.1, -0.05) is 12.1 Å². The molecule has 3 heterocycles. The van der Waals surface area contributed by atoms with Crippen LogP contribution in [0.25, 0.3) is 0 Å². The van der Waals surface area contributed by atoms with Crippen LogP contribution in [0.4, 0.5) is 0 Å². The molecule has 0 spiro atoms. The minimum Gasteiger partial charge on any atom is -0.490 e. The number of halogens is 1. The van der Waals surface area contributed by atoms with E-state index in [0.29, 0.717) is 38.1 Å². The molecule has 0 saturated carbocycles. The van der Waals surface area contributed by atoms with E-state index in [1.165, 1.54) is 5.56 Å². The number of nitrogens with zero attached hydrogens (tertiary/aromatic N) is 2. The Balaban J connectivity index is 0.00000225. The van der Waals surface area contributed by atoms with Gasteiger partial charge in [0.2, 0.25) is 11.8 Å². The van der Waals surface area contributed by atoms with Crippen LogP contribution >= 0.6 is 12.4 Å². The number of hydrogen-bond donors (Lipinski definition) is 1. The van der Waals surface area contributed by atoms with E-state index in [-0.39, 0.29) is 36.9 Å². The molecule has 1 aromatic rings. The van der Waals surface area contributed by atoms with Gasteiger partial charge in [-0.15, -0.1) is 12.4 Å². The predicted octanol–water partition coefficient (Wildman–Crippen LogP) is 2.14. The zero-order valence-electron chi connectivity index (χ0n) is 16.4. The number of hydrogen-bond acceptors (Lipinski definition) is 4. The molecule has 3 aliphatic heterocycles. The molecule has 0 aliphatic carbocycles. The van der Waals surface area contributed by atoms with Gasteiger partial charge in [0.15, 0.2) is 0 Å². The molecule has 6 nitrogen and oxygen atoms in total. The summed E-state index contributed by atoms with van der Waals surface area (Å²) in [6.07, 6.45) is 4.52. The first-order valence-electron chi connectivity index (χ1n) is 10.1. The summed E-state index contributed by atoms with van der Waals surface area (Å²) in [5.74, 6) is 1.08. The molecular weight excluding hydrogens is 378 g/mol. The molecule has 2 atom stereocenters. The molecule has 0 radical (unpaired) electrons. The lowest BCUT2D eigenvalue weighted by atomic mass is 10.1. The fraction of sp³-hybridized carbons (Fsp3) is 0.619. The number of aryl methyl sites for hydroxylation is 1. The van der Waals surface area contributed by atoms with Gasteiger partial charge in [0.1, 0.15) is 11.9 Å². The van der Waals surface area contributed by atoms with Gasteiger partial charge < -0.3 is 19.9 Å². The third kappa shape index (κ3) is 4.97. The molecule has 3 aliphatic rings. The normalized spacial score (nSPS) is 25.2. The number of likely N-dealkylation sites (tertiary alicyclic amines) is 2. The monoisotopic (exact) mass is 407 g/mol. The van der Waals surface area contributed by atoms with Gasteiger partial charge in [-0.05, 0) is 37.5 Å². The molecule has 0 aromatic heterocycles. The quantitative estimate of drug-likeness (QED) is 0.830. The molecule has 7 heteroatoms. The Hall–Kier alpha value is -1.79. The molecule has 3 saturated heterocycles. The summed E-state index contributed by atoms with van der Waals surface area (Å²) in [6, 6.07) is 8.74. The lowest BCUT2D eigenvalue weighted by Gasteiger charge is -2.34. The van der Waals surface area contributed by atoms with E-state index in [0.717, 1.165) is 31.4 Å². The van der Waals surface area contributed by atoms with Crippen molar-refractivity contribution in [2.45, 2.75) is 57.2 Å². The summed E-state index contributed by atoms with van der Waals surface area (Å²) in [5, 5.41) is 3.49. The molecule has 2 bridgehead atoms. The number of ether oxygens (including phenoxy) is 1. The lowest BCUT2D eigenvalue weighted by molar-refractivity contribution is -0.141. The molecular formula is C21H30ClN3O3. The average molecular weight is 408 g/mol. The fourth-order valence-corrected chi connectivity index (χ4v) is 4.44. The third-order valence-electron chi connectivity index (χ3n) is 5.96. The average Bonchev–Trinajstić information content (AvgIpc) is 3.02. The Morgan fingerprint density at radius 1 is 1.18 bits per heavy atom. The number of amides is 2. The Labute approximate surface area is 173 Å². The highest BCUT2D eigenvalue weighted by molar-refractivity contribution is 5.86. The molecule has 1 N–H and O–H groups in total. The van der Waals surface area contributed by atoms with Crippen LogP contribution in [0.5, 0.6) is 5.75 Å². The van der Waals surface area contributed by atoms with Crippen molar-refractivity contribution in [1.82, 2.24) is 15.1 Å². The number of fused-ring (bicyclic) bond motifs is 2. The zero-order valence-corrected chi connectivity index (χ0v) is 17.2. The van der Waals surface area contributed by atoms with Crippen LogP contribution < -0.4 is 10.1 Å². The van der Waals surface area contributed by atoms with Crippen molar-refractivity contribution in [3.05, 3.63) is 29.8 Å². The second-order valence-corrected chi connectivity index (χ2v) is 8.13. The molecule has 0 unspecified atom stereocenters. The van der Waals surface area contributed by atoms with E-state index in [4.69, 9.17) is 4.74 Å². The number of piperidine rings is 1. The summed E-state index contributed by atoms with van der Waals surface area (Å²) in [4.78, 5) is 28.8. The van der Waals surface area contributed by atoms with E-state index in [1.54, 1.807) is 4.90 Å². The second-order valence-electron chi connectivity index (χ2n) is 8.13. The zero-order chi connectivity index (χ0) is 18.8. The lowest BCUT2D eigenvalue weighted by Crippen LogP contribution is -2.48. The van der Waals surface area contributed by atoms with Gasteiger partial charge >= 0.3 is 0 Å². The van der Waals surface area contributed by atoms with Gasteiger partial charge in [0, 0.05) is 51.0 Å². The minimum atomic E-state index is 0. The predicted molar refractivity (Wildman–Crippen MR) is 110 cm³/mol. The highest BCUT2D eigenvalue weighted by atomic mass is 35.5. The van der Waals surface area contributed by atoms with Crippen molar-refractivity contribution in [3.8, 4) is 5.75 Å². The van der Waals surface area contributed by atoms with Gasteiger partial charge in [-0.3, -0.25) is 9.59 Å². The Bertz CT molecular complexity index is 706. The third-order valence-corrected chi connectivity index (χ3v) is 5.96. The smallest absolute Gasteiger partial charge is 0.242 e. The van der Waals surface area contributed by atoms with Crippen molar-refractivity contribution in [2.75, 3.05) is 26.2 Å². The van der Waals surface area contributed by atoms with Crippen LogP contribution in [0.15, 0.2) is 24.3 Å². The first-order chi connectivity index (χ1) is 13.1. The van der Waals surface area contributed by atoms with Crippen LogP contribution in [-0.4, -0.2) is 66.0 Å². The second kappa shape index (κ2) is 9.14. The number of rotatable bonds is 4. The van der Waals surface area contributed by atoms with Crippen molar-refractivity contribution < 1.29 is 14.3 Å². The summed E-state index contributed by atoms with van der Waals surface area (Å²) in [6.45, 7) is 4.32. The SMILES string of the molecule is Cc1cccc(OC2CCN(C(=O)CN3C[C@@H]4CC[C@H](CC3=O)N4)CC2)c1.Cl. The standard InChI is InChI=1S/C21H29N3O3.ClH/c1-15-3-2-4-19(11-15)27-18-7-9-23(10-8-18)21(26)14-24-13-17-6-5-16(22-17)12-20(24)25;/h2-4,11,16-18,22H,5-10,12-14H2,1H3;1H/t16-,17+;/m1./s1. The van der Waals surface area contributed by atoms with Crippen molar-refractivity contribution in [1.29, 1.82) is 0 Å². The minimum absolute atomic E-state index is 0. The van der Waals surface area contributed by atoms with E-state index >= 15 is 0 Å². The molecule has 4 rings (SSSR count). The molecule has 28 heavy (non-hydrogen) atoms. The van der Waals surface area contributed by atoms with Crippen LogP contribution in [0.3, 0.4) is 0 Å². The Morgan fingerprint density at radius 3 is 2.68 bits per heavy atom. The summed E-state index contributed by atoms with van der Waals surface area (Å²) in [7, 11) is 0. The molecule has 3 fully saturated rings. The van der Waals surface area contributed by atoms with Gasteiger partial charge in [-0.2, -0.15) is 0 Å². The van der Waals surface area contributed by atoms with Gasteiger partial charge in [0.05, 0.1) is 6.54 Å². The number of benzene rings is 1. The van der Waals surface area contributed by atoms with E-state index < -0.39 is 0 Å². The van der Waals surface area contributed by atoms with Crippen LogP contribution in [0.1, 0.15) is 37.7 Å². The van der Waals surface area contributed by atoms with Gasteiger partial charge in [0.25, 0.3) is 0 Å². The van der Waals surface area contributed by atoms with Crippen LogP contribution in [0, 0.1) is 6.92 Å². The number of carbonyl (C=O) groups is 2. The Morgan fingerprint density at radius 2 is 1.93 bits per heavy atom. The Kier molecular flexibility index (Phi) is 6.83. The first kappa shape index (κ1) is 20.9. The van der Waals surface area contributed by atoms with E-state index in [1.807, 2.05) is 23.1 Å². The van der Waals surface area contributed by atoms with Crippen molar-refractivity contribution in [2.24, 2.45) is 0 Å². The molecule has 154 valence electrons. The molecule has 1 aromatic carbocycles. The first-order valence-corrected chi connectivity index (χ1v) is 10.1. The van der Waals surface area contributed by atoms with Crippen molar-refractivity contribution in [3.63, 3.8) is 0 Å². The fourth-order valence-electron chi connectivity index (χ4n) is 4.44. The largest absolute Gasteiger partial charge is 0.490 e.